The van der Waals surface area contributed by atoms with Gasteiger partial charge in [-0.1, -0.05) is 0 Å². The molecule has 0 bridgehead atoms. The van der Waals surface area contributed by atoms with Gasteiger partial charge in [-0.3, -0.25) is 9.88 Å². The molecule has 1 saturated heterocycles. The number of pyridine rings is 1. The van der Waals surface area contributed by atoms with Crippen molar-refractivity contribution < 1.29 is 14.3 Å². The Bertz CT molecular complexity index is 1240. The van der Waals surface area contributed by atoms with Crippen molar-refractivity contribution in [3.8, 4) is 6.07 Å². The van der Waals surface area contributed by atoms with Crippen molar-refractivity contribution in [1.29, 1.82) is 5.26 Å². The van der Waals surface area contributed by atoms with Crippen LogP contribution in [0.15, 0.2) is 30.6 Å². The molecule has 2 aromatic heterocycles. The second-order valence-corrected chi connectivity index (χ2v) is 7.87. The summed E-state index contributed by atoms with van der Waals surface area (Å²) in [5.41, 5.74) is 8.09. The molecule has 170 valence electrons. The SMILES string of the molecule is CC(Nc1ncnc(N)c1C#N)c1cc2ccc(F)cc2nc1CN1CCN(C(=O)O)CC1. The van der Waals surface area contributed by atoms with E-state index in [4.69, 9.17) is 10.7 Å². The molecule has 0 spiro atoms. The van der Waals surface area contributed by atoms with Crippen LogP contribution in [0.1, 0.15) is 29.8 Å². The third-order valence-electron chi connectivity index (χ3n) is 5.72. The zero-order valence-corrected chi connectivity index (χ0v) is 18.0. The number of benzene rings is 1. The molecule has 1 aromatic carbocycles. The predicted octanol–water partition coefficient (Wildman–Crippen LogP) is 2.59. The number of amides is 1. The number of anilines is 2. The third-order valence-corrected chi connectivity index (χ3v) is 5.72. The van der Waals surface area contributed by atoms with Gasteiger partial charge in [-0.05, 0) is 30.7 Å². The second kappa shape index (κ2) is 9.22. The van der Waals surface area contributed by atoms with Crippen molar-refractivity contribution in [3.63, 3.8) is 0 Å². The van der Waals surface area contributed by atoms with Crippen LogP contribution in [-0.2, 0) is 6.54 Å². The van der Waals surface area contributed by atoms with Crippen LogP contribution in [0.2, 0.25) is 0 Å². The van der Waals surface area contributed by atoms with Crippen LogP contribution in [0.5, 0.6) is 0 Å². The first kappa shape index (κ1) is 22.2. The topological polar surface area (TPSA) is 144 Å². The lowest BCUT2D eigenvalue weighted by Gasteiger charge is -2.33. The molecule has 4 rings (SSSR count). The molecule has 1 aliphatic heterocycles. The molecule has 3 aromatic rings. The smallest absolute Gasteiger partial charge is 0.407 e. The van der Waals surface area contributed by atoms with Crippen LogP contribution in [0.4, 0.5) is 20.8 Å². The molecule has 1 fully saturated rings. The van der Waals surface area contributed by atoms with Crippen molar-refractivity contribution in [2.75, 3.05) is 37.2 Å². The highest BCUT2D eigenvalue weighted by Crippen LogP contribution is 2.28. The Morgan fingerprint density at radius 2 is 2.06 bits per heavy atom. The van der Waals surface area contributed by atoms with Crippen LogP contribution >= 0.6 is 0 Å². The number of halogens is 1. The summed E-state index contributed by atoms with van der Waals surface area (Å²) in [6.07, 6.45) is 0.361. The number of nitrogens with zero attached hydrogens (tertiary/aromatic N) is 6. The average Bonchev–Trinajstić information content (AvgIpc) is 2.79. The molecule has 0 radical (unpaired) electrons. The molecule has 1 unspecified atom stereocenters. The van der Waals surface area contributed by atoms with Crippen LogP contribution in [0, 0.1) is 17.1 Å². The Balaban J connectivity index is 1.66. The lowest BCUT2D eigenvalue weighted by molar-refractivity contribution is 0.102. The van der Waals surface area contributed by atoms with Gasteiger partial charge in [0.25, 0.3) is 0 Å². The Kier molecular flexibility index (Phi) is 6.19. The zero-order valence-electron chi connectivity index (χ0n) is 18.0. The lowest BCUT2D eigenvalue weighted by Crippen LogP contribution is -2.48. The highest BCUT2D eigenvalue weighted by atomic mass is 19.1. The standard InChI is InChI=1S/C22H23FN8O2/c1-13(28-21-17(10-24)20(25)26-12-27-21)16-8-14-2-3-15(23)9-18(14)29-19(16)11-30-4-6-31(7-5-30)22(32)33/h2-3,8-9,12-13H,4-7,11H2,1H3,(H,32,33)(H3,25,26,27,28). The molecule has 0 saturated carbocycles. The van der Waals surface area contributed by atoms with Gasteiger partial charge >= 0.3 is 6.09 Å². The number of rotatable bonds is 5. The Morgan fingerprint density at radius 3 is 2.76 bits per heavy atom. The molecule has 3 heterocycles. The average molecular weight is 450 g/mol. The second-order valence-electron chi connectivity index (χ2n) is 7.87. The van der Waals surface area contributed by atoms with Crippen molar-refractivity contribution in [1.82, 2.24) is 24.8 Å². The molecular formula is C22H23FN8O2. The molecule has 33 heavy (non-hydrogen) atoms. The summed E-state index contributed by atoms with van der Waals surface area (Å²) < 4.78 is 13.8. The molecule has 0 aliphatic carbocycles. The van der Waals surface area contributed by atoms with Crippen molar-refractivity contribution in [2.24, 2.45) is 0 Å². The van der Waals surface area contributed by atoms with Gasteiger partial charge in [0.1, 0.15) is 35.4 Å². The quantitative estimate of drug-likeness (QED) is 0.534. The van der Waals surface area contributed by atoms with Crippen molar-refractivity contribution in [2.45, 2.75) is 19.5 Å². The van der Waals surface area contributed by atoms with Crippen LogP contribution < -0.4 is 11.1 Å². The van der Waals surface area contributed by atoms with E-state index in [1.54, 1.807) is 6.07 Å². The number of carboxylic acid groups (broad SMARTS) is 1. The normalized spacial score (nSPS) is 15.2. The fraction of sp³-hybridized carbons (Fsp3) is 0.318. The van der Waals surface area contributed by atoms with Gasteiger partial charge in [0.2, 0.25) is 0 Å². The number of nitriles is 1. The molecular weight excluding hydrogens is 427 g/mol. The van der Waals surface area contributed by atoms with Crippen molar-refractivity contribution >= 4 is 28.6 Å². The molecule has 1 amide bonds. The third kappa shape index (κ3) is 4.75. The molecule has 1 atom stereocenters. The number of nitrogen functional groups attached to an aromatic ring is 1. The highest BCUT2D eigenvalue weighted by Gasteiger charge is 2.23. The summed E-state index contributed by atoms with van der Waals surface area (Å²) in [6.45, 7) is 4.34. The monoisotopic (exact) mass is 450 g/mol. The van der Waals surface area contributed by atoms with E-state index in [2.05, 4.69) is 20.2 Å². The first-order valence-corrected chi connectivity index (χ1v) is 10.4. The van der Waals surface area contributed by atoms with Gasteiger partial charge in [0.05, 0.1) is 17.3 Å². The fourth-order valence-corrected chi connectivity index (χ4v) is 3.91. The van der Waals surface area contributed by atoms with E-state index < -0.39 is 6.09 Å². The number of fused-ring (bicyclic) bond motifs is 1. The number of nitrogens with two attached hydrogens (primary N) is 1. The van der Waals surface area contributed by atoms with Gasteiger partial charge in [-0.15, -0.1) is 0 Å². The Morgan fingerprint density at radius 1 is 1.30 bits per heavy atom. The van der Waals surface area contributed by atoms with E-state index in [0.29, 0.717) is 44.1 Å². The van der Waals surface area contributed by atoms with Crippen LogP contribution in [-0.4, -0.2) is 62.1 Å². The maximum absolute atomic E-state index is 13.8. The minimum atomic E-state index is -0.926. The van der Waals surface area contributed by atoms with Gasteiger partial charge in [-0.2, -0.15) is 5.26 Å². The Hall–Kier alpha value is -4.04. The van der Waals surface area contributed by atoms with E-state index in [0.717, 1.165) is 16.6 Å². The van der Waals surface area contributed by atoms with E-state index in [1.165, 1.54) is 23.4 Å². The lowest BCUT2D eigenvalue weighted by atomic mass is 10.0. The molecule has 11 heteroatoms. The minimum Gasteiger partial charge on any atom is -0.465 e. The van der Waals surface area contributed by atoms with E-state index in [9.17, 15) is 19.6 Å². The maximum atomic E-state index is 13.8. The number of aromatic nitrogens is 3. The predicted molar refractivity (Wildman–Crippen MR) is 120 cm³/mol. The van der Waals surface area contributed by atoms with E-state index in [1.807, 2.05) is 19.1 Å². The summed E-state index contributed by atoms with van der Waals surface area (Å²) >= 11 is 0. The largest absolute Gasteiger partial charge is 0.465 e. The van der Waals surface area contributed by atoms with Crippen LogP contribution in [0.25, 0.3) is 10.9 Å². The number of hydrogen-bond donors (Lipinski definition) is 3. The summed E-state index contributed by atoms with van der Waals surface area (Å²) in [4.78, 5) is 27.4. The molecule has 10 nitrogen and oxygen atoms in total. The highest BCUT2D eigenvalue weighted by molar-refractivity contribution is 5.80. The van der Waals surface area contributed by atoms with Crippen LogP contribution in [0.3, 0.4) is 0 Å². The summed E-state index contributed by atoms with van der Waals surface area (Å²) in [7, 11) is 0. The number of piperazine rings is 1. The fourth-order valence-electron chi connectivity index (χ4n) is 3.91. The first-order valence-electron chi connectivity index (χ1n) is 10.4. The number of hydrogen-bond acceptors (Lipinski definition) is 8. The van der Waals surface area contributed by atoms with E-state index in [-0.39, 0.29) is 23.2 Å². The maximum Gasteiger partial charge on any atom is 0.407 e. The number of carbonyl (C=O) groups is 1. The molecule has 1 aliphatic rings. The minimum absolute atomic E-state index is 0.0887. The first-order chi connectivity index (χ1) is 15.9. The van der Waals surface area contributed by atoms with Gasteiger partial charge in [0.15, 0.2) is 0 Å². The summed E-state index contributed by atoms with van der Waals surface area (Å²) in [6, 6.07) is 8.11. The van der Waals surface area contributed by atoms with Gasteiger partial charge < -0.3 is 21.1 Å². The zero-order chi connectivity index (χ0) is 23.5. The van der Waals surface area contributed by atoms with E-state index >= 15 is 0 Å². The summed E-state index contributed by atoms with van der Waals surface area (Å²) in [5, 5.41) is 22.6. The molecule has 4 N–H and O–H groups in total. The van der Waals surface area contributed by atoms with Crippen molar-refractivity contribution in [3.05, 3.63) is 53.2 Å². The summed E-state index contributed by atoms with van der Waals surface area (Å²) in [5.74, 6) is 0.0358. The van der Waals surface area contributed by atoms with Gasteiger partial charge in [0, 0.05) is 44.2 Å². The Labute approximate surface area is 189 Å². The van der Waals surface area contributed by atoms with Gasteiger partial charge in [-0.25, -0.2) is 19.2 Å². The number of nitrogens with one attached hydrogen (secondary N) is 1.